The first kappa shape index (κ1) is 14.1. The van der Waals surface area contributed by atoms with E-state index in [1.165, 1.54) is 0 Å². The standard InChI is InChI=1S/C17H16N2O3/c1-13-8-9-19(18-13)10-11-21-16-5-3-2-4-15(16)17-7-6-14(12-20)22-17/h2-9,12H,10-11H2,1H3. The number of carbonyl (C=O) groups is 1. The lowest BCUT2D eigenvalue weighted by Crippen LogP contribution is -2.09. The van der Waals surface area contributed by atoms with Gasteiger partial charge in [0.25, 0.3) is 0 Å². The zero-order valence-electron chi connectivity index (χ0n) is 12.2. The molecule has 0 saturated carbocycles. The van der Waals surface area contributed by atoms with Crippen molar-refractivity contribution in [1.29, 1.82) is 0 Å². The van der Waals surface area contributed by atoms with Crippen LogP contribution in [-0.2, 0) is 6.54 Å². The second kappa shape index (κ2) is 6.30. The van der Waals surface area contributed by atoms with Gasteiger partial charge in [0.1, 0.15) is 18.1 Å². The van der Waals surface area contributed by atoms with Gasteiger partial charge in [0, 0.05) is 6.20 Å². The second-order valence-corrected chi connectivity index (χ2v) is 4.88. The number of para-hydroxylation sites is 1. The summed E-state index contributed by atoms with van der Waals surface area (Å²) in [7, 11) is 0. The number of nitrogens with zero attached hydrogens (tertiary/aromatic N) is 2. The van der Waals surface area contributed by atoms with E-state index in [2.05, 4.69) is 5.10 Å². The van der Waals surface area contributed by atoms with Crippen LogP contribution in [0.25, 0.3) is 11.3 Å². The molecule has 0 bridgehead atoms. The molecule has 0 aliphatic heterocycles. The highest BCUT2D eigenvalue weighted by Crippen LogP contribution is 2.30. The minimum Gasteiger partial charge on any atom is -0.491 e. The van der Waals surface area contributed by atoms with Gasteiger partial charge in [-0.05, 0) is 37.3 Å². The molecule has 0 saturated heterocycles. The lowest BCUT2D eigenvalue weighted by atomic mass is 10.1. The highest BCUT2D eigenvalue weighted by Gasteiger charge is 2.10. The Kier molecular flexibility index (Phi) is 4.05. The Balaban J connectivity index is 1.72. The molecule has 0 atom stereocenters. The molecule has 0 radical (unpaired) electrons. The number of aromatic nitrogens is 2. The molecule has 3 aromatic rings. The SMILES string of the molecule is Cc1ccn(CCOc2ccccc2-c2ccc(C=O)o2)n1. The van der Waals surface area contributed by atoms with E-state index in [0.717, 1.165) is 17.0 Å². The van der Waals surface area contributed by atoms with E-state index in [1.807, 2.05) is 48.1 Å². The first-order valence-corrected chi connectivity index (χ1v) is 7.03. The molecule has 0 aliphatic rings. The third-order valence-electron chi connectivity index (χ3n) is 3.25. The molecule has 0 spiro atoms. The molecular weight excluding hydrogens is 280 g/mol. The average molecular weight is 296 g/mol. The van der Waals surface area contributed by atoms with E-state index in [4.69, 9.17) is 9.15 Å². The van der Waals surface area contributed by atoms with Gasteiger partial charge in [-0.2, -0.15) is 5.10 Å². The van der Waals surface area contributed by atoms with Crippen LogP contribution in [0.3, 0.4) is 0 Å². The average Bonchev–Trinajstić information content (AvgIpc) is 3.17. The number of ether oxygens (including phenoxy) is 1. The maximum absolute atomic E-state index is 10.7. The van der Waals surface area contributed by atoms with Crippen molar-refractivity contribution in [3.05, 3.63) is 60.1 Å². The third-order valence-corrected chi connectivity index (χ3v) is 3.25. The monoisotopic (exact) mass is 296 g/mol. The first-order chi connectivity index (χ1) is 10.8. The molecule has 22 heavy (non-hydrogen) atoms. The van der Waals surface area contributed by atoms with Crippen LogP contribution in [0.2, 0.25) is 0 Å². The fourth-order valence-corrected chi connectivity index (χ4v) is 2.19. The maximum atomic E-state index is 10.7. The van der Waals surface area contributed by atoms with Crippen molar-refractivity contribution in [2.75, 3.05) is 6.61 Å². The van der Waals surface area contributed by atoms with Crippen molar-refractivity contribution < 1.29 is 13.9 Å². The van der Waals surface area contributed by atoms with E-state index in [-0.39, 0.29) is 0 Å². The van der Waals surface area contributed by atoms with Gasteiger partial charge >= 0.3 is 0 Å². The molecule has 0 N–H and O–H groups in total. The molecule has 0 amide bonds. The van der Waals surface area contributed by atoms with Crippen LogP contribution in [-0.4, -0.2) is 22.7 Å². The highest BCUT2D eigenvalue weighted by atomic mass is 16.5. The topological polar surface area (TPSA) is 57.3 Å². The molecule has 112 valence electrons. The third kappa shape index (κ3) is 3.09. The Hall–Kier alpha value is -2.82. The molecular formula is C17H16N2O3. The molecule has 5 nitrogen and oxygen atoms in total. The normalized spacial score (nSPS) is 10.6. The molecule has 5 heteroatoms. The highest BCUT2D eigenvalue weighted by molar-refractivity contribution is 5.74. The van der Waals surface area contributed by atoms with Gasteiger partial charge in [0.15, 0.2) is 12.0 Å². The summed E-state index contributed by atoms with van der Waals surface area (Å²) in [6.07, 6.45) is 2.61. The summed E-state index contributed by atoms with van der Waals surface area (Å²) in [4.78, 5) is 10.7. The second-order valence-electron chi connectivity index (χ2n) is 4.88. The van der Waals surface area contributed by atoms with Gasteiger partial charge < -0.3 is 9.15 Å². The lowest BCUT2D eigenvalue weighted by molar-refractivity contribution is 0.110. The zero-order chi connectivity index (χ0) is 15.4. The van der Waals surface area contributed by atoms with Crippen LogP contribution >= 0.6 is 0 Å². The van der Waals surface area contributed by atoms with Crippen molar-refractivity contribution in [3.8, 4) is 17.1 Å². The number of rotatable bonds is 6. The van der Waals surface area contributed by atoms with E-state index in [9.17, 15) is 4.79 Å². The fourth-order valence-electron chi connectivity index (χ4n) is 2.19. The molecule has 2 heterocycles. The summed E-state index contributed by atoms with van der Waals surface area (Å²) in [5.41, 5.74) is 1.81. The number of aldehydes is 1. The number of hydrogen-bond donors (Lipinski definition) is 0. The van der Waals surface area contributed by atoms with Crippen LogP contribution in [0.5, 0.6) is 5.75 Å². The van der Waals surface area contributed by atoms with Gasteiger partial charge in [0.05, 0.1) is 17.8 Å². The van der Waals surface area contributed by atoms with Gasteiger partial charge in [0.2, 0.25) is 0 Å². The number of furan rings is 1. The number of carbonyl (C=O) groups excluding carboxylic acids is 1. The van der Waals surface area contributed by atoms with Gasteiger partial charge in [-0.15, -0.1) is 0 Å². The fraction of sp³-hybridized carbons (Fsp3) is 0.176. The first-order valence-electron chi connectivity index (χ1n) is 7.03. The van der Waals surface area contributed by atoms with E-state index in [1.54, 1.807) is 12.1 Å². The van der Waals surface area contributed by atoms with Crippen molar-refractivity contribution in [3.63, 3.8) is 0 Å². The Bertz CT molecular complexity index is 774. The summed E-state index contributed by atoms with van der Waals surface area (Å²) in [5, 5.41) is 4.32. The summed E-state index contributed by atoms with van der Waals surface area (Å²) in [6.45, 7) is 3.12. The minimum absolute atomic E-state index is 0.303. The molecule has 0 unspecified atom stereocenters. The largest absolute Gasteiger partial charge is 0.491 e. The van der Waals surface area contributed by atoms with E-state index in [0.29, 0.717) is 31.0 Å². The Morgan fingerprint density at radius 3 is 2.82 bits per heavy atom. The molecule has 1 aromatic carbocycles. The predicted octanol–water partition coefficient (Wildman–Crippen LogP) is 3.34. The maximum Gasteiger partial charge on any atom is 0.185 e. The summed E-state index contributed by atoms with van der Waals surface area (Å²) in [6, 6.07) is 13.0. The summed E-state index contributed by atoms with van der Waals surface area (Å²) < 4.78 is 13.1. The number of aryl methyl sites for hydroxylation is 1. The Morgan fingerprint density at radius 2 is 2.09 bits per heavy atom. The van der Waals surface area contributed by atoms with Crippen molar-refractivity contribution in [2.45, 2.75) is 13.5 Å². The van der Waals surface area contributed by atoms with Crippen molar-refractivity contribution in [1.82, 2.24) is 9.78 Å². The molecule has 2 aromatic heterocycles. The Morgan fingerprint density at radius 1 is 1.23 bits per heavy atom. The molecule has 3 rings (SSSR count). The van der Waals surface area contributed by atoms with Gasteiger partial charge in [-0.1, -0.05) is 12.1 Å². The Labute approximate surface area is 128 Å². The quantitative estimate of drug-likeness (QED) is 0.655. The van der Waals surface area contributed by atoms with Crippen molar-refractivity contribution in [2.24, 2.45) is 0 Å². The van der Waals surface area contributed by atoms with Crippen LogP contribution in [0.1, 0.15) is 16.2 Å². The van der Waals surface area contributed by atoms with Crippen molar-refractivity contribution >= 4 is 6.29 Å². The van der Waals surface area contributed by atoms with Crippen LogP contribution in [0.4, 0.5) is 0 Å². The minimum atomic E-state index is 0.303. The van der Waals surface area contributed by atoms with E-state index >= 15 is 0 Å². The molecule has 0 fully saturated rings. The summed E-state index contributed by atoms with van der Waals surface area (Å²) in [5.74, 6) is 1.64. The van der Waals surface area contributed by atoms with Crippen LogP contribution < -0.4 is 4.74 Å². The van der Waals surface area contributed by atoms with Crippen LogP contribution in [0, 0.1) is 6.92 Å². The van der Waals surface area contributed by atoms with Gasteiger partial charge in [-0.3, -0.25) is 9.48 Å². The number of benzene rings is 1. The lowest BCUT2D eigenvalue weighted by Gasteiger charge is -2.10. The smallest absolute Gasteiger partial charge is 0.185 e. The van der Waals surface area contributed by atoms with E-state index < -0.39 is 0 Å². The number of hydrogen-bond acceptors (Lipinski definition) is 4. The predicted molar refractivity (Wildman–Crippen MR) is 82.0 cm³/mol. The summed E-state index contributed by atoms with van der Waals surface area (Å²) >= 11 is 0. The van der Waals surface area contributed by atoms with Gasteiger partial charge in [-0.25, -0.2) is 0 Å². The molecule has 0 aliphatic carbocycles. The zero-order valence-corrected chi connectivity index (χ0v) is 12.2. The van der Waals surface area contributed by atoms with Crippen LogP contribution in [0.15, 0.2) is 53.1 Å².